The summed E-state index contributed by atoms with van der Waals surface area (Å²) in [5.41, 5.74) is 0.388. The highest BCUT2D eigenvalue weighted by molar-refractivity contribution is 6.35. The van der Waals surface area contributed by atoms with Crippen LogP contribution in [0.2, 0.25) is 10.0 Å². The molecule has 20 heavy (non-hydrogen) atoms. The number of rotatable bonds is 3. The maximum Gasteiger partial charge on any atom is 0.252 e. The molecule has 0 aliphatic heterocycles. The van der Waals surface area contributed by atoms with E-state index < -0.39 is 6.04 Å². The van der Waals surface area contributed by atoms with Gasteiger partial charge in [0.15, 0.2) is 0 Å². The van der Waals surface area contributed by atoms with Crippen LogP contribution in [0.3, 0.4) is 0 Å². The van der Waals surface area contributed by atoms with Crippen LogP contribution in [-0.4, -0.2) is 11.9 Å². The SMILES string of the molecule is N#CC(NC(=O)c1cc(Cl)cc(Cl)c1)C1CCCCC1. The Bertz CT molecular complexity index is 513. The standard InChI is InChI=1S/C15H16Cl2N2O/c16-12-6-11(7-13(17)8-12)15(20)19-14(9-18)10-4-2-1-3-5-10/h6-8,10,14H,1-5H2,(H,19,20). The van der Waals surface area contributed by atoms with Gasteiger partial charge in [0.2, 0.25) is 0 Å². The fourth-order valence-electron chi connectivity index (χ4n) is 2.63. The molecule has 0 saturated heterocycles. The highest BCUT2D eigenvalue weighted by Gasteiger charge is 2.25. The van der Waals surface area contributed by atoms with Gasteiger partial charge in [-0.05, 0) is 37.0 Å². The van der Waals surface area contributed by atoms with E-state index in [0.717, 1.165) is 25.7 Å². The van der Waals surface area contributed by atoms with Crippen molar-refractivity contribution in [3.63, 3.8) is 0 Å². The Morgan fingerprint density at radius 1 is 1.20 bits per heavy atom. The van der Waals surface area contributed by atoms with E-state index in [0.29, 0.717) is 15.6 Å². The zero-order valence-electron chi connectivity index (χ0n) is 11.0. The molecule has 1 atom stereocenters. The highest BCUT2D eigenvalue weighted by Crippen LogP contribution is 2.26. The summed E-state index contributed by atoms with van der Waals surface area (Å²) in [5, 5.41) is 12.9. The van der Waals surface area contributed by atoms with Crippen molar-refractivity contribution in [2.45, 2.75) is 38.1 Å². The van der Waals surface area contributed by atoms with E-state index in [1.807, 2.05) is 0 Å². The number of hydrogen-bond donors (Lipinski definition) is 1. The van der Waals surface area contributed by atoms with Crippen LogP contribution in [0.25, 0.3) is 0 Å². The van der Waals surface area contributed by atoms with Crippen LogP contribution in [0.15, 0.2) is 18.2 Å². The van der Waals surface area contributed by atoms with Gasteiger partial charge in [0.25, 0.3) is 5.91 Å². The molecule has 3 nitrogen and oxygen atoms in total. The van der Waals surface area contributed by atoms with Gasteiger partial charge in [-0.1, -0.05) is 42.5 Å². The van der Waals surface area contributed by atoms with E-state index >= 15 is 0 Å². The third kappa shape index (κ3) is 3.88. The summed E-state index contributed by atoms with van der Waals surface area (Å²) in [4.78, 5) is 12.2. The predicted molar refractivity (Wildman–Crippen MR) is 79.9 cm³/mol. The van der Waals surface area contributed by atoms with Crippen LogP contribution in [0.1, 0.15) is 42.5 Å². The number of nitrogens with zero attached hydrogens (tertiary/aromatic N) is 1. The maximum absolute atomic E-state index is 12.2. The topological polar surface area (TPSA) is 52.9 Å². The summed E-state index contributed by atoms with van der Waals surface area (Å²) in [6.45, 7) is 0. The van der Waals surface area contributed by atoms with Gasteiger partial charge < -0.3 is 5.32 Å². The lowest BCUT2D eigenvalue weighted by molar-refractivity contribution is 0.0929. The van der Waals surface area contributed by atoms with Gasteiger partial charge in [0.05, 0.1) is 6.07 Å². The van der Waals surface area contributed by atoms with Crippen LogP contribution in [0.4, 0.5) is 0 Å². The maximum atomic E-state index is 12.2. The second-order valence-electron chi connectivity index (χ2n) is 5.14. The molecular formula is C15H16Cl2N2O. The highest BCUT2D eigenvalue weighted by atomic mass is 35.5. The van der Waals surface area contributed by atoms with Gasteiger partial charge in [0, 0.05) is 15.6 Å². The van der Waals surface area contributed by atoms with Gasteiger partial charge in [-0.3, -0.25) is 4.79 Å². The minimum atomic E-state index is -0.444. The third-order valence-corrected chi connectivity index (χ3v) is 4.11. The Labute approximate surface area is 128 Å². The van der Waals surface area contributed by atoms with E-state index in [9.17, 15) is 10.1 Å². The molecule has 1 amide bonds. The molecule has 1 N–H and O–H groups in total. The van der Waals surface area contributed by atoms with Gasteiger partial charge in [0.1, 0.15) is 6.04 Å². The second kappa shape index (κ2) is 6.97. The van der Waals surface area contributed by atoms with E-state index in [1.165, 1.54) is 6.42 Å². The van der Waals surface area contributed by atoms with Gasteiger partial charge in [-0.15, -0.1) is 0 Å². The lowest BCUT2D eigenvalue weighted by atomic mass is 9.84. The summed E-state index contributed by atoms with van der Waals surface area (Å²) in [6, 6.07) is 6.44. The quantitative estimate of drug-likeness (QED) is 0.909. The fourth-order valence-corrected chi connectivity index (χ4v) is 3.16. The molecule has 5 heteroatoms. The minimum absolute atomic E-state index is 0.243. The van der Waals surface area contributed by atoms with Crippen molar-refractivity contribution in [2.24, 2.45) is 5.92 Å². The Morgan fingerprint density at radius 3 is 2.35 bits per heavy atom. The summed E-state index contributed by atoms with van der Waals surface area (Å²) < 4.78 is 0. The van der Waals surface area contributed by atoms with Crippen molar-refractivity contribution < 1.29 is 4.79 Å². The molecule has 0 radical (unpaired) electrons. The Hall–Kier alpha value is -1.24. The summed E-state index contributed by atoms with van der Waals surface area (Å²) >= 11 is 11.8. The molecule has 1 aliphatic rings. The first kappa shape index (κ1) is 15.2. The van der Waals surface area contributed by atoms with Crippen LogP contribution in [-0.2, 0) is 0 Å². The Kier molecular flexibility index (Phi) is 5.28. The number of nitriles is 1. The first-order valence-corrected chi connectivity index (χ1v) is 7.52. The van der Waals surface area contributed by atoms with Crippen LogP contribution < -0.4 is 5.32 Å². The van der Waals surface area contributed by atoms with Crippen molar-refractivity contribution in [3.8, 4) is 6.07 Å². The van der Waals surface area contributed by atoms with Crippen LogP contribution in [0, 0.1) is 17.2 Å². The van der Waals surface area contributed by atoms with E-state index in [2.05, 4.69) is 11.4 Å². The molecule has 1 saturated carbocycles. The molecule has 0 spiro atoms. The minimum Gasteiger partial charge on any atom is -0.336 e. The van der Waals surface area contributed by atoms with Crippen molar-refractivity contribution in [3.05, 3.63) is 33.8 Å². The molecule has 0 aromatic heterocycles. The lowest BCUT2D eigenvalue weighted by Gasteiger charge is -2.26. The second-order valence-corrected chi connectivity index (χ2v) is 6.01. The molecule has 1 aliphatic carbocycles. The van der Waals surface area contributed by atoms with Crippen LogP contribution in [0.5, 0.6) is 0 Å². The van der Waals surface area contributed by atoms with Gasteiger partial charge in [-0.25, -0.2) is 0 Å². The van der Waals surface area contributed by atoms with Gasteiger partial charge >= 0.3 is 0 Å². The zero-order chi connectivity index (χ0) is 14.5. The number of nitrogens with one attached hydrogen (secondary N) is 1. The number of carbonyl (C=O) groups excluding carboxylic acids is 1. The average Bonchev–Trinajstić information content (AvgIpc) is 2.44. The Balaban J connectivity index is 2.07. The average molecular weight is 311 g/mol. The fraction of sp³-hybridized carbons (Fsp3) is 0.467. The number of carbonyl (C=O) groups is 1. The summed E-state index contributed by atoms with van der Waals surface area (Å²) in [5.74, 6) is -0.0566. The predicted octanol–water partition coefficient (Wildman–Crippen LogP) is 4.20. The van der Waals surface area contributed by atoms with Crippen molar-refractivity contribution in [1.29, 1.82) is 5.26 Å². The summed E-state index contributed by atoms with van der Waals surface area (Å²) in [7, 11) is 0. The van der Waals surface area contributed by atoms with Crippen molar-refractivity contribution >= 4 is 29.1 Å². The number of halogens is 2. The molecule has 1 aromatic carbocycles. The monoisotopic (exact) mass is 310 g/mol. The summed E-state index contributed by atoms with van der Waals surface area (Å²) in [6.07, 6.45) is 5.46. The molecule has 0 heterocycles. The van der Waals surface area contributed by atoms with E-state index in [1.54, 1.807) is 18.2 Å². The number of amides is 1. The first-order valence-electron chi connectivity index (χ1n) is 6.76. The Morgan fingerprint density at radius 2 is 1.80 bits per heavy atom. The van der Waals surface area contributed by atoms with Gasteiger partial charge in [-0.2, -0.15) is 5.26 Å². The van der Waals surface area contributed by atoms with Crippen LogP contribution >= 0.6 is 23.2 Å². The van der Waals surface area contributed by atoms with Crippen molar-refractivity contribution in [1.82, 2.24) is 5.32 Å². The van der Waals surface area contributed by atoms with Crippen molar-refractivity contribution in [2.75, 3.05) is 0 Å². The molecule has 1 unspecified atom stereocenters. The lowest BCUT2D eigenvalue weighted by Crippen LogP contribution is -2.40. The number of benzene rings is 1. The van der Waals surface area contributed by atoms with E-state index in [4.69, 9.17) is 23.2 Å². The van der Waals surface area contributed by atoms with E-state index in [-0.39, 0.29) is 11.8 Å². The zero-order valence-corrected chi connectivity index (χ0v) is 12.5. The molecule has 2 rings (SSSR count). The molecule has 1 fully saturated rings. The number of hydrogen-bond acceptors (Lipinski definition) is 2. The largest absolute Gasteiger partial charge is 0.336 e. The smallest absolute Gasteiger partial charge is 0.252 e. The first-order chi connectivity index (χ1) is 9.60. The molecular weight excluding hydrogens is 295 g/mol. The molecule has 0 bridgehead atoms. The molecule has 1 aromatic rings. The normalized spacial score (nSPS) is 17.2. The third-order valence-electron chi connectivity index (χ3n) is 3.67. The molecule has 106 valence electrons.